The van der Waals surface area contributed by atoms with Crippen molar-refractivity contribution in [1.82, 2.24) is 4.90 Å². The fraction of sp³-hybridized carbons (Fsp3) is 0.364. The van der Waals surface area contributed by atoms with E-state index in [0.29, 0.717) is 41.2 Å². The molecule has 14 heteroatoms. The highest BCUT2D eigenvalue weighted by Crippen LogP contribution is 2.40. The SMILES string of the molecule is COC(=O)Nc1ccc(S(=O)(=O)CC(C)C)c([C@H]2CCCN2C(=O)[C@H](Nc2cc(F)cc(C(N)=O)c2)c2ccc(OC)c(OC)c2)c1. The van der Waals surface area contributed by atoms with Crippen LogP contribution in [0.5, 0.6) is 11.5 Å². The van der Waals surface area contributed by atoms with Crippen LogP contribution >= 0.6 is 0 Å². The standard InChI is InChI=1S/C33H39FN4O8S/c1-19(2)18-47(42,43)29-11-9-23(37-33(41)46-5)17-25(29)26-7-6-12-38(26)32(40)30(20-8-10-27(44-3)28(15-20)45-4)36-24-14-21(31(35)39)13-22(34)16-24/h8-11,13-17,19,26,30,36H,6-7,12,18H2,1-5H3,(H2,35,39)(H,37,41)/t26-,30-/m1/s1. The summed E-state index contributed by atoms with van der Waals surface area (Å²) in [6, 6.07) is 10.9. The summed E-state index contributed by atoms with van der Waals surface area (Å²) in [4.78, 5) is 40.1. The number of hydrogen-bond donors (Lipinski definition) is 3. The maximum atomic E-state index is 14.6. The van der Waals surface area contributed by atoms with Gasteiger partial charge in [-0.3, -0.25) is 14.9 Å². The van der Waals surface area contributed by atoms with Crippen LogP contribution in [0.15, 0.2) is 59.5 Å². The van der Waals surface area contributed by atoms with E-state index in [4.69, 9.17) is 19.9 Å². The Labute approximate surface area is 273 Å². The number of nitrogens with zero attached hydrogens (tertiary/aromatic N) is 1. The molecule has 0 aliphatic carbocycles. The summed E-state index contributed by atoms with van der Waals surface area (Å²) >= 11 is 0. The molecule has 3 amide bonds. The normalized spacial score (nSPS) is 15.2. The molecular formula is C33H39FN4O8S. The van der Waals surface area contributed by atoms with Crippen LogP contribution in [-0.4, -0.2) is 64.9 Å². The number of benzene rings is 3. The molecule has 4 N–H and O–H groups in total. The molecule has 2 atom stereocenters. The molecule has 0 bridgehead atoms. The summed E-state index contributed by atoms with van der Waals surface area (Å²) < 4.78 is 57.3. The lowest BCUT2D eigenvalue weighted by Gasteiger charge is -2.32. The first kappa shape index (κ1) is 35.0. The number of nitrogens with one attached hydrogen (secondary N) is 2. The zero-order valence-electron chi connectivity index (χ0n) is 26.8. The number of anilines is 2. The molecule has 0 unspecified atom stereocenters. The number of nitrogens with two attached hydrogens (primary N) is 1. The van der Waals surface area contributed by atoms with Crippen molar-refractivity contribution in [3.05, 3.63) is 77.1 Å². The molecule has 1 aliphatic rings. The molecule has 4 rings (SSSR count). The van der Waals surface area contributed by atoms with Crippen LogP contribution in [0.2, 0.25) is 0 Å². The third-order valence-electron chi connectivity index (χ3n) is 7.71. The first-order chi connectivity index (χ1) is 22.3. The number of rotatable bonds is 12. The molecule has 0 aromatic heterocycles. The van der Waals surface area contributed by atoms with Gasteiger partial charge in [-0.2, -0.15) is 0 Å². The summed E-state index contributed by atoms with van der Waals surface area (Å²) in [7, 11) is 0.332. The third kappa shape index (κ3) is 8.12. The van der Waals surface area contributed by atoms with Crippen molar-refractivity contribution in [2.45, 2.75) is 43.7 Å². The van der Waals surface area contributed by atoms with Crippen LogP contribution in [0.4, 0.5) is 20.6 Å². The topological polar surface area (TPSA) is 166 Å². The quantitative estimate of drug-likeness (QED) is 0.239. The van der Waals surface area contributed by atoms with E-state index in [1.807, 2.05) is 0 Å². The monoisotopic (exact) mass is 670 g/mol. The van der Waals surface area contributed by atoms with Gasteiger partial charge in [-0.15, -0.1) is 0 Å². The molecule has 3 aromatic carbocycles. The van der Waals surface area contributed by atoms with Crippen molar-refractivity contribution in [3.8, 4) is 11.5 Å². The number of halogens is 1. The number of methoxy groups -OCH3 is 3. The molecule has 1 saturated heterocycles. The Kier molecular flexibility index (Phi) is 11.0. The van der Waals surface area contributed by atoms with Gasteiger partial charge in [0, 0.05) is 23.5 Å². The van der Waals surface area contributed by atoms with Gasteiger partial charge in [-0.25, -0.2) is 17.6 Å². The summed E-state index contributed by atoms with van der Waals surface area (Å²) in [6.45, 7) is 3.87. The lowest BCUT2D eigenvalue weighted by atomic mass is 10.0. The molecule has 1 aliphatic heterocycles. The molecule has 252 valence electrons. The van der Waals surface area contributed by atoms with Crippen LogP contribution < -0.4 is 25.8 Å². The number of ether oxygens (including phenoxy) is 3. The highest BCUT2D eigenvalue weighted by Gasteiger charge is 2.38. The number of likely N-dealkylation sites (tertiary alicyclic amines) is 1. The third-order valence-corrected chi connectivity index (χ3v) is 9.85. The van der Waals surface area contributed by atoms with Gasteiger partial charge in [0.05, 0.1) is 38.0 Å². The van der Waals surface area contributed by atoms with E-state index in [9.17, 15) is 27.2 Å². The molecular weight excluding hydrogens is 631 g/mol. The molecule has 0 saturated carbocycles. The molecule has 1 fully saturated rings. The van der Waals surface area contributed by atoms with Crippen LogP contribution in [-0.2, 0) is 19.4 Å². The zero-order valence-corrected chi connectivity index (χ0v) is 27.6. The number of carbonyl (C=O) groups excluding carboxylic acids is 3. The van der Waals surface area contributed by atoms with Crippen molar-refractivity contribution >= 4 is 39.1 Å². The zero-order chi connectivity index (χ0) is 34.5. The lowest BCUT2D eigenvalue weighted by Crippen LogP contribution is -2.38. The Morgan fingerprint density at radius 2 is 1.70 bits per heavy atom. The largest absolute Gasteiger partial charge is 0.493 e. The minimum absolute atomic E-state index is 0.0539. The fourth-order valence-electron chi connectivity index (χ4n) is 5.69. The first-order valence-electron chi connectivity index (χ1n) is 14.9. The first-order valence-corrected chi connectivity index (χ1v) is 16.5. The van der Waals surface area contributed by atoms with Gasteiger partial charge in [0.2, 0.25) is 11.8 Å². The number of amides is 3. The van der Waals surface area contributed by atoms with Gasteiger partial charge in [-0.1, -0.05) is 19.9 Å². The van der Waals surface area contributed by atoms with Crippen LogP contribution in [0, 0.1) is 11.7 Å². The van der Waals surface area contributed by atoms with Gasteiger partial charge in [0.15, 0.2) is 21.3 Å². The summed E-state index contributed by atoms with van der Waals surface area (Å²) in [6.07, 6.45) is 0.248. The van der Waals surface area contributed by atoms with Crippen LogP contribution in [0.25, 0.3) is 0 Å². The van der Waals surface area contributed by atoms with Gasteiger partial charge >= 0.3 is 6.09 Å². The van der Waals surface area contributed by atoms with Crippen molar-refractivity contribution < 1.29 is 41.4 Å². The van der Waals surface area contributed by atoms with Crippen molar-refractivity contribution in [2.75, 3.05) is 44.3 Å². The second-order valence-corrected chi connectivity index (χ2v) is 13.5. The van der Waals surface area contributed by atoms with E-state index < -0.39 is 45.6 Å². The van der Waals surface area contributed by atoms with Crippen molar-refractivity contribution in [2.24, 2.45) is 11.7 Å². The number of hydrogen-bond acceptors (Lipinski definition) is 9. The fourth-order valence-corrected chi connectivity index (χ4v) is 7.58. The molecule has 3 aromatic rings. The average Bonchev–Trinajstić information content (AvgIpc) is 3.52. The Balaban J connectivity index is 1.84. The van der Waals surface area contributed by atoms with Crippen molar-refractivity contribution in [3.63, 3.8) is 0 Å². The Morgan fingerprint density at radius 3 is 2.34 bits per heavy atom. The molecule has 0 radical (unpaired) electrons. The van der Waals surface area contributed by atoms with Gasteiger partial charge in [-0.05, 0) is 78.4 Å². The highest BCUT2D eigenvalue weighted by atomic mass is 32.2. The van der Waals surface area contributed by atoms with E-state index >= 15 is 0 Å². The lowest BCUT2D eigenvalue weighted by molar-refractivity contribution is -0.133. The molecule has 12 nitrogen and oxygen atoms in total. The number of carbonyl (C=O) groups is 3. The second kappa shape index (κ2) is 14.7. The maximum absolute atomic E-state index is 14.6. The van der Waals surface area contributed by atoms with E-state index in [1.165, 1.54) is 39.5 Å². The average molecular weight is 671 g/mol. The van der Waals surface area contributed by atoms with Gasteiger partial charge < -0.3 is 30.2 Å². The minimum atomic E-state index is -3.80. The Morgan fingerprint density at radius 1 is 0.979 bits per heavy atom. The molecule has 47 heavy (non-hydrogen) atoms. The van der Waals surface area contributed by atoms with Gasteiger partial charge in [0.1, 0.15) is 11.9 Å². The summed E-state index contributed by atoms with van der Waals surface area (Å²) in [5, 5.41) is 5.63. The van der Waals surface area contributed by atoms with Crippen LogP contribution in [0.3, 0.4) is 0 Å². The smallest absolute Gasteiger partial charge is 0.411 e. The Bertz CT molecular complexity index is 1770. The predicted molar refractivity (Wildman–Crippen MR) is 174 cm³/mol. The number of primary amides is 1. The van der Waals surface area contributed by atoms with Crippen LogP contribution in [0.1, 0.15) is 60.3 Å². The molecule has 1 heterocycles. The van der Waals surface area contributed by atoms with Gasteiger partial charge in [0.25, 0.3) is 0 Å². The maximum Gasteiger partial charge on any atom is 0.411 e. The summed E-state index contributed by atoms with van der Waals surface area (Å²) in [5.74, 6) is -1.59. The summed E-state index contributed by atoms with van der Waals surface area (Å²) in [5.41, 5.74) is 6.50. The van der Waals surface area contributed by atoms with E-state index in [2.05, 4.69) is 10.6 Å². The predicted octanol–water partition coefficient (Wildman–Crippen LogP) is 5.07. The number of sulfone groups is 1. The Hall–Kier alpha value is -4.85. The molecule has 0 spiro atoms. The van der Waals surface area contributed by atoms with Crippen molar-refractivity contribution in [1.29, 1.82) is 0 Å². The van der Waals surface area contributed by atoms with E-state index in [-0.39, 0.29) is 34.4 Å². The van der Waals surface area contributed by atoms with E-state index in [1.54, 1.807) is 43.0 Å². The highest BCUT2D eigenvalue weighted by molar-refractivity contribution is 7.91. The second-order valence-electron chi connectivity index (χ2n) is 11.5. The minimum Gasteiger partial charge on any atom is -0.493 e. The van der Waals surface area contributed by atoms with E-state index in [0.717, 1.165) is 12.1 Å².